The molecule has 0 aromatic heterocycles. The van der Waals surface area contributed by atoms with Crippen molar-refractivity contribution in [3.63, 3.8) is 0 Å². The summed E-state index contributed by atoms with van der Waals surface area (Å²) >= 11 is 5.67. The smallest absolute Gasteiger partial charge is 0.225 e. The third kappa shape index (κ3) is 2.39. The molecule has 0 N–H and O–H groups in total. The molecule has 0 aromatic rings. The highest BCUT2D eigenvalue weighted by Crippen LogP contribution is 2.31. The molecule has 14 heavy (non-hydrogen) atoms. The first-order chi connectivity index (χ1) is 6.81. The van der Waals surface area contributed by atoms with E-state index in [2.05, 4.69) is 4.90 Å². The fourth-order valence-corrected chi connectivity index (χ4v) is 2.14. The fraction of sp³-hybridized carbons (Fsp3) is 0.900. The van der Waals surface area contributed by atoms with Gasteiger partial charge in [-0.1, -0.05) is 0 Å². The Balaban J connectivity index is 1.74. The highest BCUT2D eigenvalue weighted by molar-refractivity contribution is 6.18. The number of carbonyl (C=O) groups excluding carboxylic acids is 1. The Morgan fingerprint density at radius 1 is 1.21 bits per heavy atom. The van der Waals surface area contributed by atoms with Crippen molar-refractivity contribution < 1.29 is 4.79 Å². The summed E-state index contributed by atoms with van der Waals surface area (Å²) in [7, 11) is 0. The molecule has 1 saturated heterocycles. The molecule has 0 radical (unpaired) electrons. The summed E-state index contributed by atoms with van der Waals surface area (Å²) in [5.41, 5.74) is 0. The van der Waals surface area contributed by atoms with Gasteiger partial charge in [0.05, 0.1) is 0 Å². The number of hydrogen-bond donors (Lipinski definition) is 0. The Hall–Kier alpha value is -0.280. The Bertz CT molecular complexity index is 210. The van der Waals surface area contributed by atoms with Gasteiger partial charge in [0.1, 0.15) is 0 Å². The SMILES string of the molecule is O=C(C1CC1)N1CCN(CCCl)CC1. The number of amides is 1. The van der Waals surface area contributed by atoms with Crippen molar-refractivity contribution in [1.82, 2.24) is 9.80 Å². The van der Waals surface area contributed by atoms with Gasteiger partial charge in [-0.05, 0) is 12.8 Å². The zero-order valence-electron chi connectivity index (χ0n) is 8.41. The molecule has 1 amide bonds. The first-order valence-electron chi connectivity index (χ1n) is 5.38. The maximum atomic E-state index is 11.7. The van der Waals surface area contributed by atoms with Crippen LogP contribution in [0.15, 0.2) is 0 Å². The molecule has 0 aromatic carbocycles. The zero-order chi connectivity index (χ0) is 9.97. The normalized spacial score (nSPS) is 23.9. The number of nitrogens with zero attached hydrogens (tertiary/aromatic N) is 2. The fourth-order valence-electron chi connectivity index (χ4n) is 1.90. The van der Waals surface area contributed by atoms with E-state index in [9.17, 15) is 4.79 Å². The number of halogens is 1. The predicted molar refractivity (Wildman–Crippen MR) is 56.5 cm³/mol. The first-order valence-corrected chi connectivity index (χ1v) is 5.92. The molecule has 2 aliphatic rings. The second kappa shape index (κ2) is 4.49. The minimum absolute atomic E-state index is 0.370. The zero-order valence-corrected chi connectivity index (χ0v) is 9.17. The summed E-state index contributed by atoms with van der Waals surface area (Å²) in [6.07, 6.45) is 2.22. The van der Waals surface area contributed by atoms with Gasteiger partial charge in [-0.25, -0.2) is 0 Å². The van der Waals surface area contributed by atoms with Crippen LogP contribution in [0.2, 0.25) is 0 Å². The monoisotopic (exact) mass is 216 g/mol. The summed E-state index contributed by atoms with van der Waals surface area (Å²) in [6.45, 7) is 4.72. The van der Waals surface area contributed by atoms with Crippen LogP contribution in [-0.4, -0.2) is 54.3 Å². The number of carbonyl (C=O) groups is 1. The van der Waals surface area contributed by atoms with Gasteiger partial charge in [0, 0.05) is 44.5 Å². The molecule has 1 aliphatic heterocycles. The summed E-state index contributed by atoms with van der Waals surface area (Å²) in [6, 6.07) is 0. The molecule has 1 saturated carbocycles. The van der Waals surface area contributed by atoms with Crippen LogP contribution in [0.4, 0.5) is 0 Å². The minimum atomic E-state index is 0.370. The Morgan fingerprint density at radius 3 is 2.36 bits per heavy atom. The van der Waals surface area contributed by atoms with Crippen molar-refractivity contribution in [2.75, 3.05) is 38.6 Å². The van der Waals surface area contributed by atoms with Gasteiger partial charge in [-0.15, -0.1) is 11.6 Å². The van der Waals surface area contributed by atoms with Gasteiger partial charge in [-0.2, -0.15) is 0 Å². The van der Waals surface area contributed by atoms with Crippen LogP contribution < -0.4 is 0 Å². The molecule has 0 atom stereocenters. The molecule has 80 valence electrons. The van der Waals surface area contributed by atoms with E-state index < -0.39 is 0 Å². The lowest BCUT2D eigenvalue weighted by atomic mass is 10.2. The molecule has 1 aliphatic carbocycles. The van der Waals surface area contributed by atoms with E-state index in [-0.39, 0.29) is 0 Å². The van der Waals surface area contributed by atoms with Crippen LogP contribution >= 0.6 is 11.6 Å². The Labute approximate surface area is 90.0 Å². The third-order valence-electron chi connectivity index (χ3n) is 3.01. The highest BCUT2D eigenvalue weighted by Gasteiger charge is 2.34. The first kappa shape index (κ1) is 10.2. The van der Waals surface area contributed by atoms with Crippen molar-refractivity contribution >= 4 is 17.5 Å². The van der Waals surface area contributed by atoms with Gasteiger partial charge in [0.2, 0.25) is 5.91 Å². The summed E-state index contributed by atoms with van der Waals surface area (Å²) < 4.78 is 0. The molecule has 0 bridgehead atoms. The highest BCUT2D eigenvalue weighted by atomic mass is 35.5. The van der Waals surface area contributed by atoms with Crippen molar-refractivity contribution in [2.24, 2.45) is 5.92 Å². The molecule has 0 unspecified atom stereocenters. The third-order valence-corrected chi connectivity index (χ3v) is 3.18. The van der Waals surface area contributed by atoms with Crippen LogP contribution in [0.3, 0.4) is 0 Å². The molecule has 2 rings (SSSR count). The average Bonchev–Trinajstić information content (AvgIpc) is 3.02. The lowest BCUT2D eigenvalue weighted by molar-refractivity contribution is -0.134. The van der Waals surface area contributed by atoms with Gasteiger partial charge in [0.15, 0.2) is 0 Å². The topological polar surface area (TPSA) is 23.6 Å². The molecular formula is C10H17ClN2O. The van der Waals surface area contributed by atoms with E-state index in [0.29, 0.717) is 17.7 Å². The van der Waals surface area contributed by atoms with Crippen molar-refractivity contribution in [1.29, 1.82) is 0 Å². The number of hydrogen-bond acceptors (Lipinski definition) is 2. The summed E-state index contributed by atoms with van der Waals surface area (Å²) in [4.78, 5) is 16.0. The summed E-state index contributed by atoms with van der Waals surface area (Å²) in [5.74, 6) is 1.45. The van der Waals surface area contributed by atoms with E-state index in [1.807, 2.05) is 4.90 Å². The van der Waals surface area contributed by atoms with Crippen LogP contribution in [0.1, 0.15) is 12.8 Å². The average molecular weight is 217 g/mol. The van der Waals surface area contributed by atoms with Crippen LogP contribution in [0.25, 0.3) is 0 Å². The van der Waals surface area contributed by atoms with E-state index in [1.54, 1.807) is 0 Å². The molecule has 4 heteroatoms. The maximum absolute atomic E-state index is 11.7. The largest absolute Gasteiger partial charge is 0.340 e. The summed E-state index contributed by atoms with van der Waals surface area (Å²) in [5, 5.41) is 0. The maximum Gasteiger partial charge on any atom is 0.225 e. The van der Waals surface area contributed by atoms with Gasteiger partial charge >= 0.3 is 0 Å². The quantitative estimate of drug-likeness (QED) is 0.651. The second-order valence-corrected chi connectivity index (χ2v) is 4.51. The van der Waals surface area contributed by atoms with Crippen molar-refractivity contribution in [2.45, 2.75) is 12.8 Å². The minimum Gasteiger partial charge on any atom is -0.340 e. The van der Waals surface area contributed by atoms with Crippen LogP contribution in [-0.2, 0) is 4.79 Å². The molecule has 0 spiro atoms. The molecule has 2 fully saturated rings. The molecular weight excluding hydrogens is 200 g/mol. The lowest BCUT2D eigenvalue weighted by Gasteiger charge is -2.34. The van der Waals surface area contributed by atoms with Crippen molar-refractivity contribution in [3.05, 3.63) is 0 Å². The number of alkyl halides is 1. The Morgan fingerprint density at radius 2 is 1.86 bits per heavy atom. The number of rotatable bonds is 3. The van der Waals surface area contributed by atoms with Gasteiger partial charge in [-0.3, -0.25) is 9.69 Å². The van der Waals surface area contributed by atoms with E-state index >= 15 is 0 Å². The van der Waals surface area contributed by atoms with E-state index in [4.69, 9.17) is 11.6 Å². The van der Waals surface area contributed by atoms with Gasteiger partial charge < -0.3 is 4.90 Å². The van der Waals surface area contributed by atoms with Gasteiger partial charge in [0.25, 0.3) is 0 Å². The standard InChI is InChI=1S/C10H17ClN2O/c11-3-4-12-5-7-13(8-6-12)10(14)9-1-2-9/h9H,1-8H2. The molecule has 1 heterocycles. The van der Waals surface area contributed by atoms with E-state index in [1.165, 1.54) is 0 Å². The van der Waals surface area contributed by atoms with Crippen LogP contribution in [0.5, 0.6) is 0 Å². The Kier molecular flexibility index (Phi) is 3.29. The van der Waals surface area contributed by atoms with E-state index in [0.717, 1.165) is 45.6 Å². The lowest BCUT2D eigenvalue weighted by Crippen LogP contribution is -2.49. The number of piperazine rings is 1. The predicted octanol–water partition coefficient (Wildman–Crippen LogP) is 0.779. The second-order valence-electron chi connectivity index (χ2n) is 4.13. The van der Waals surface area contributed by atoms with Crippen LogP contribution in [0, 0.1) is 5.92 Å². The molecule has 3 nitrogen and oxygen atoms in total. The van der Waals surface area contributed by atoms with Crippen molar-refractivity contribution in [3.8, 4) is 0 Å².